The van der Waals surface area contributed by atoms with Gasteiger partial charge in [0, 0.05) is 7.05 Å². The number of halogens is 1. The lowest BCUT2D eigenvalue weighted by Crippen LogP contribution is -1.91. The van der Waals surface area contributed by atoms with Crippen molar-refractivity contribution < 1.29 is 9.50 Å². The van der Waals surface area contributed by atoms with E-state index in [1.807, 2.05) is 0 Å². The minimum Gasteiger partial charge on any atom is -0.507 e. The molecule has 2 nitrogen and oxygen atoms in total. The van der Waals surface area contributed by atoms with Crippen molar-refractivity contribution in [3.05, 3.63) is 29.8 Å². The highest BCUT2D eigenvalue weighted by Crippen LogP contribution is 2.16. The minimum atomic E-state index is -0.650. The van der Waals surface area contributed by atoms with E-state index >= 15 is 0 Å². The Labute approximate surface area is 64.0 Å². The van der Waals surface area contributed by atoms with Crippen molar-refractivity contribution in [2.45, 2.75) is 0 Å². The molecule has 0 atom stereocenters. The molecule has 0 saturated heterocycles. The summed E-state index contributed by atoms with van der Waals surface area (Å²) in [6.07, 6.45) is 0. The lowest BCUT2D eigenvalue weighted by molar-refractivity contribution is 0.473. The van der Waals surface area contributed by atoms with Crippen molar-refractivity contribution in [1.82, 2.24) is 0 Å². The van der Waals surface area contributed by atoms with Crippen LogP contribution in [0.5, 0.6) is 5.75 Å². The van der Waals surface area contributed by atoms with Crippen LogP contribution in [-0.4, -0.2) is 18.1 Å². The van der Waals surface area contributed by atoms with Crippen LogP contribution in [0.25, 0.3) is 0 Å². The van der Waals surface area contributed by atoms with E-state index in [-0.39, 0.29) is 11.3 Å². The number of rotatable bonds is 1. The Morgan fingerprint density at radius 2 is 2.09 bits per heavy atom. The predicted octanol–water partition coefficient (Wildman–Crippen LogP) is 1.74. The topological polar surface area (TPSA) is 32.6 Å². The maximum Gasteiger partial charge on any atom is 0.219 e. The first kappa shape index (κ1) is 7.72. The van der Waals surface area contributed by atoms with Crippen LogP contribution >= 0.6 is 0 Å². The van der Waals surface area contributed by atoms with Gasteiger partial charge in [-0.3, -0.25) is 4.99 Å². The fraction of sp³-hybridized carbons (Fsp3) is 0.125. The number of aromatic hydroxyl groups is 1. The number of phenolic OH excluding ortho intramolecular Hbond substituents is 1. The van der Waals surface area contributed by atoms with E-state index in [0.29, 0.717) is 0 Å². The van der Waals surface area contributed by atoms with Crippen molar-refractivity contribution in [1.29, 1.82) is 0 Å². The van der Waals surface area contributed by atoms with Crippen LogP contribution in [-0.2, 0) is 0 Å². The Kier molecular flexibility index (Phi) is 2.21. The molecule has 1 aromatic carbocycles. The first-order valence-electron chi connectivity index (χ1n) is 3.16. The summed E-state index contributed by atoms with van der Waals surface area (Å²) in [6, 6.07) is 6.15. The van der Waals surface area contributed by atoms with E-state index in [2.05, 4.69) is 4.99 Å². The van der Waals surface area contributed by atoms with Crippen LogP contribution in [0.2, 0.25) is 0 Å². The SMILES string of the molecule is CN=C(F)c1ccccc1O. The maximum absolute atomic E-state index is 12.7. The van der Waals surface area contributed by atoms with Gasteiger partial charge in [0.2, 0.25) is 5.97 Å². The lowest BCUT2D eigenvalue weighted by atomic mass is 10.2. The van der Waals surface area contributed by atoms with Gasteiger partial charge in [-0.15, -0.1) is 0 Å². The van der Waals surface area contributed by atoms with Crippen molar-refractivity contribution in [3.63, 3.8) is 0 Å². The zero-order chi connectivity index (χ0) is 8.27. The van der Waals surface area contributed by atoms with Crippen LogP contribution in [0.3, 0.4) is 0 Å². The van der Waals surface area contributed by atoms with E-state index in [1.54, 1.807) is 12.1 Å². The number of hydrogen-bond acceptors (Lipinski definition) is 2. The summed E-state index contributed by atoms with van der Waals surface area (Å²) in [5, 5.41) is 9.09. The van der Waals surface area contributed by atoms with E-state index in [1.165, 1.54) is 19.2 Å². The maximum atomic E-state index is 12.7. The van der Waals surface area contributed by atoms with Gasteiger partial charge >= 0.3 is 0 Å². The van der Waals surface area contributed by atoms with Crippen molar-refractivity contribution in [2.75, 3.05) is 7.05 Å². The Morgan fingerprint density at radius 1 is 1.45 bits per heavy atom. The standard InChI is InChI=1S/C8H8FNO/c1-10-8(9)6-4-2-3-5-7(6)11/h2-5,11H,1H3. The molecule has 0 aromatic heterocycles. The smallest absolute Gasteiger partial charge is 0.219 e. The number of nitrogens with zero attached hydrogens (tertiary/aromatic N) is 1. The number of hydrogen-bond donors (Lipinski definition) is 1. The Morgan fingerprint density at radius 3 is 2.64 bits per heavy atom. The molecule has 1 rings (SSSR count). The molecule has 0 aliphatic heterocycles. The van der Waals surface area contributed by atoms with Crippen LogP contribution in [0.1, 0.15) is 5.56 Å². The van der Waals surface area contributed by atoms with E-state index in [0.717, 1.165) is 0 Å². The molecule has 0 spiro atoms. The summed E-state index contributed by atoms with van der Waals surface area (Å²) in [5.74, 6) is -0.737. The average Bonchev–Trinajstić information content (AvgIpc) is 2.04. The highest BCUT2D eigenvalue weighted by molar-refractivity contribution is 5.95. The Balaban J connectivity index is 3.14. The summed E-state index contributed by atoms with van der Waals surface area (Å²) < 4.78 is 12.7. The van der Waals surface area contributed by atoms with Crippen molar-refractivity contribution >= 4 is 5.97 Å². The van der Waals surface area contributed by atoms with Gasteiger partial charge in [0.25, 0.3) is 0 Å². The van der Waals surface area contributed by atoms with Gasteiger partial charge in [0.15, 0.2) is 0 Å². The van der Waals surface area contributed by atoms with Gasteiger partial charge < -0.3 is 5.11 Å². The average molecular weight is 153 g/mol. The largest absolute Gasteiger partial charge is 0.507 e. The summed E-state index contributed by atoms with van der Waals surface area (Å²) in [6.45, 7) is 0. The van der Waals surface area contributed by atoms with Crippen LogP contribution in [0.15, 0.2) is 29.3 Å². The first-order valence-corrected chi connectivity index (χ1v) is 3.16. The summed E-state index contributed by atoms with van der Waals surface area (Å²) >= 11 is 0. The zero-order valence-corrected chi connectivity index (χ0v) is 6.08. The quantitative estimate of drug-likeness (QED) is 0.612. The molecular weight excluding hydrogens is 145 g/mol. The molecule has 0 bridgehead atoms. The van der Waals surface area contributed by atoms with Gasteiger partial charge in [-0.2, -0.15) is 4.39 Å². The summed E-state index contributed by atoms with van der Waals surface area (Å²) in [5.41, 5.74) is 0.134. The number of aliphatic imine (C=N–C) groups is 1. The van der Waals surface area contributed by atoms with Gasteiger partial charge in [0.1, 0.15) is 5.75 Å². The lowest BCUT2D eigenvalue weighted by Gasteiger charge is -1.97. The molecule has 3 heteroatoms. The van der Waals surface area contributed by atoms with Crippen LogP contribution < -0.4 is 0 Å². The van der Waals surface area contributed by atoms with Crippen LogP contribution in [0, 0.1) is 0 Å². The number of benzene rings is 1. The third kappa shape index (κ3) is 1.55. The molecule has 58 valence electrons. The van der Waals surface area contributed by atoms with Gasteiger partial charge in [-0.05, 0) is 12.1 Å². The fourth-order valence-electron chi connectivity index (χ4n) is 0.769. The number of phenols is 1. The van der Waals surface area contributed by atoms with Gasteiger partial charge in [-0.1, -0.05) is 12.1 Å². The van der Waals surface area contributed by atoms with Gasteiger partial charge in [0.05, 0.1) is 5.56 Å². The third-order valence-electron chi connectivity index (χ3n) is 1.32. The number of para-hydroxylation sites is 1. The molecule has 0 radical (unpaired) electrons. The molecule has 0 aliphatic carbocycles. The molecule has 0 fully saturated rings. The predicted molar refractivity (Wildman–Crippen MR) is 41.7 cm³/mol. The normalized spacial score (nSPS) is 11.6. The van der Waals surface area contributed by atoms with Gasteiger partial charge in [-0.25, -0.2) is 0 Å². The first-order chi connectivity index (χ1) is 5.25. The molecule has 1 N–H and O–H groups in total. The van der Waals surface area contributed by atoms with E-state index in [4.69, 9.17) is 5.11 Å². The Bertz CT molecular complexity index is 283. The molecular formula is C8H8FNO. The fourth-order valence-corrected chi connectivity index (χ4v) is 0.769. The second-order valence-corrected chi connectivity index (χ2v) is 2.03. The molecule has 0 unspecified atom stereocenters. The molecule has 11 heavy (non-hydrogen) atoms. The van der Waals surface area contributed by atoms with Crippen molar-refractivity contribution in [2.24, 2.45) is 4.99 Å². The second kappa shape index (κ2) is 3.14. The van der Waals surface area contributed by atoms with E-state index < -0.39 is 5.97 Å². The highest BCUT2D eigenvalue weighted by atomic mass is 19.1. The van der Waals surface area contributed by atoms with Crippen molar-refractivity contribution in [3.8, 4) is 5.75 Å². The molecule has 0 aliphatic rings. The third-order valence-corrected chi connectivity index (χ3v) is 1.32. The molecule has 0 heterocycles. The second-order valence-electron chi connectivity index (χ2n) is 2.03. The minimum absolute atomic E-state index is 0.0874. The highest BCUT2D eigenvalue weighted by Gasteiger charge is 2.04. The van der Waals surface area contributed by atoms with Crippen LogP contribution in [0.4, 0.5) is 4.39 Å². The molecule has 0 saturated carbocycles. The zero-order valence-electron chi connectivity index (χ0n) is 6.08. The van der Waals surface area contributed by atoms with E-state index in [9.17, 15) is 4.39 Å². The Hall–Kier alpha value is -1.38. The molecule has 1 aromatic rings. The monoisotopic (exact) mass is 153 g/mol. The summed E-state index contributed by atoms with van der Waals surface area (Å²) in [4.78, 5) is 3.31. The molecule has 0 amide bonds. The summed E-state index contributed by atoms with van der Waals surface area (Å²) in [7, 11) is 1.34.